The minimum absolute atomic E-state index is 0.399. The molecule has 3 heteroatoms. The van der Waals surface area contributed by atoms with Crippen LogP contribution in [0.25, 0.3) is 0 Å². The van der Waals surface area contributed by atoms with Crippen LogP contribution in [-0.2, 0) is 0 Å². The summed E-state index contributed by atoms with van der Waals surface area (Å²) in [6.45, 7) is 11.0. The molecule has 0 bridgehead atoms. The molecule has 1 aliphatic rings. The molecule has 1 atom stereocenters. The van der Waals surface area contributed by atoms with Crippen LogP contribution >= 0.6 is 15.9 Å². The Morgan fingerprint density at radius 1 is 1.25 bits per heavy atom. The Morgan fingerprint density at radius 2 is 1.85 bits per heavy atom. The largest absolute Gasteiger partial charge is 0.389 e. The highest BCUT2D eigenvalue weighted by Crippen LogP contribution is 2.37. The number of hydrogen-bond acceptors (Lipinski definition) is 2. The molecule has 1 N–H and O–H groups in total. The summed E-state index contributed by atoms with van der Waals surface area (Å²) in [6, 6.07) is 6.17. The Hall–Kier alpha value is -0.540. The van der Waals surface area contributed by atoms with Gasteiger partial charge in [-0.25, -0.2) is 0 Å². The van der Waals surface area contributed by atoms with Gasteiger partial charge < -0.3 is 10.0 Å². The predicted octanol–water partition coefficient (Wildman–Crippen LogP) is 4.76. The molecular formula is C17H26BrNO. The molecule has 1 aromatic carbocycles. The molecule has 2 nitrogen and oxygen atoms in total. The van der Waals surface area contributed by atoms with Crippen molar-refractivity contribution in [2.45, 2.75) is 46.6 Å². The quantitative estimate of drug-likeness (QED) is 0.839. The summed E-state index contributed by atoms with van der Waals surface area (Å²) in [6.07, 6.45) is 2.04. The smallest absolute Gasteiger partial charge is 0.0782 e. The van der Waals surface area contributed by atoms with Crippen LogP contribution in [-0.4, -0.2) is 18.2 Å². The molecule has 1 aromatic rings. The summed E-state index contributed by atoms with van der Waals surface area (Å²) in [5.41, 5.74) is 2.61. The van der Waals surface area contributed by atoms with E-state index in [-0.39, 0.29) is 0 Å². The van der Waals surface area contributed by atoms with Crippen molar-refractivity contribution in [2.24, 2.45) is 11.3 Å². The Balaban J connectivity index is 2.16. The van der Waals surface area contributed by atoms with Crippen LogP contribution in [0.3, 0.4) is 0 Å². The summed E-state index contributed by atoms with van der Waals surface area (Å²) >= 11 is 3.55. The van der Waals surface area contributed by atoms with Crippen molar-refractivity contribution in [3.05, 3.63) is 28.2 Å². The van der Waals surface area contributed by atoms with Gasteiger partial charge in [0.15, 0.2) is 0 Å². The van der Waals surface area contributed by atoms with Gasteiger partial charge >= 0.3 is 0 Å². The lowest BCUT2D eigenvalue weighted by molar-refractivity contribution is 0.193. The number of aliphatic hydroxyl groups is 1. The van der Waals surface area contributed by atoms with Crippen molar-refractivity contribution in [1.29, 1.82) is 0 Å². The Kier molecular flexibility index (Phi) is 4.80. The van der Waals surface area contributed by atoms with Gasteiger partial charge in [0.25, 0.3) is 0 Å². The predicted molar refractivity (Wildman–Crippen MR) is 89.2 cm³/mol. The standard InChI is InChI=1S/C17H26BrNO/c1-12(20)15-6-5-14(18)11-16(15)19-9-7-13(8-10-19)17(2,3)4/h5-6,11-13,20H,7-10H2,1-4H3. The lowest BCUT2D eigenvalue weighted by Crippen LogP contribution is -2.38. The van der Waals surface area contributed by atoms with Crippen molar-refractivity contribution in [3.63, 3.8) is 0 Å². The first-order valence-corrected chi connectivity index (χ1v) is 8.31. The number of hydrogen-bond donors (Lipinski definition) is 1. The average Bonchev–Trinajstić information content (AvgIpc) is 2.37. The van der Waals surface area contributed by atoms with E-state index in [1.807, 2.05) is 19.1 Å². The lowest BCUT2D eigenvalue weighted by atomic mass is 9.75. The van der Waals surface area contributed by atoms with Gasteiger partial charge in [0.1, 0.15) is 0 Å². The van der Waals surface area contributed by atoms with E-state index in [2.05, 4.69) is 47.7 Å². The Labute approximate surface area is 131 Å². The van der Waals surface area contributed by atoms with Crippen molar-refractivity contribution < 1.29 is 5.11 Å². The van der Waals surface area contributed by atoms with Crippen molar-refractivity contribution in [2.75, 3.05) is 18.0 Å². The van der Waals surface area contributed by atoms with Crippen LogP contribution in [0.15, 0.2) is 22.7 Å². The van der Waals surface area contributed by atoms with Gasteiger partial charge in [0.2, 0.25) is 0 Å². The zero-order valence-electron chi connectivity index (χ0n) is 13.0. The van der Waals surface area contributed by atoms with E-state index >= 15 is 0 Å². The van der Waals surface area contributed by atoms with E-state index in [0.29, 0.717) is 5.41 Å². The zero-order valence-corrected chi connectivity index (χ0v) is 14.6. The highest BCUT2D eigenvalue weighted by Gasteiger charge is 2.29. The minimum Gasteiger partial charge on any atom is -0.389 e. The van der Waals surface area contributed by atoms with Gasteiger partial charge in [-0.1, -0.05) is 42.8 Å². The van der Waals surface area contributed by atoms with Crippen LogP contribution in [0.2, 0.25) is 0 Å². The first-order chi connectivity index (χ1) is 9.29. The maximum atomic E-state index is 9.97. The molecule has 112 valence electrons. The summed E-state index contributed by atoms with van der Waals surface area (Å²) in [5.74, 6) is 0.793. The highest BCUT2D eigenvalue weighted by molar-refractivity contribution is 9.10. The van der Waals surface area contributed by atoms with Crippen LogP contribution in [0.4, 0.5) is 5.69 Å². The molecule has 20 heavy (non-hydrogen) atoms. The van der Waals surface area contributed by atoms with Gasteiger partial charge in [-0.15, -0.1) is 0 Å². The third-order valence-corrected chi connectivity index (χ3v) is 5.00. The van der Waals surface area contributed by atoms with E-state index < -0.39 is 6.10 Å². The van der Waals surface area contributed by atoms with Gasteiger partial charge in [-0.3, -0.25) is 0 Å². The van der Waals surface area contributed by atoms with E-state index in [0.717, 1.165) is 29.0 Å². The van der Waals surface area contributed by atoms with Crippen LogP contribution in [0.5, 0.6) is 0 Å². The molecule has 0 aromatic heterocycles. The van der Waals surface area contributed by atoms with Crippen molar-refractivity contribution in [3.8, 4) is 0 Å². The molecule has 0 amide bonds. The molecule has 1 heterocycles. The van der Waals surface area contributed by atoms with Gasteiger partial charge in [0.05, 0.1) is 6.10 Å². The number of halogens is 1. The lowest BCUT2D eigenvalue weighted by Gasteiger charge is -2.40. The second-order valence-corrected chi connectivity index (χ2v) is 7.92. The fraction of sp³-hybridized carbons (Fsp3) is 0.647. The third kappa shape index (κ3) is 3.56. The average molecular weight is 340 g/mol. The molecule has 1 saturated heterocycles. The monoisotopic (exact) mass is 339 g/mol. The van der Waals surface area contributed by atoms with Crippen molar-refractivity contribution in [1.82, 2.24) is 0 Å². The van der Waals surface area contributed by atoms with Gasteiger partial charge in [-0.2, -0.15) is 0 Å². The molecule has 2 rings (SSSR count). The number of anilines is 1. The molecule has 0 spiro atoms. The van der Waals surface area contributed by atoms with Crippen LogP contribution in [0, 0.1) is 11.3 Å². The summed E-state index contributed by atoms with van der Waals surface area (Å²) in [5, 5.41) is 9.97. The maximum Gasteiger partial charge on any atom is 0.0782 e. The van der Waals surface area contributed by atoms with Gasteiger partial charge in [0, 0.05) is 28.8 Å². The van der Waals surface area contributed by atoms with Gasteiger partial charge in [-0.05, 0) is 43.2 Å². The first-order valence-electron chi connectivity index (χ1n) is 7.51. The molecule has 1 unspecified atom stereocenters. The highest BCUT2D eigenvalue weighted by atomic mass is 79.9. The molecule has 1 fully saturated rings. The Morgan fingerprint density at radius 3 is 2.35 bits per heavy atom. The van der Waals surface area contributed by atoms with Crippen molar-refractivity contribution >= 4 is 21.6 Å². The third-order valence-electron chi connectivity index (χ3n) is 4.50. The van der Waals surface area contributed by atoms with Crippen LogP contribution in [0.1, 0.15) is 52.2 Å². The van der Waals surface area contributed by atoms with Crippen LogP contribution < -0.4 is 4.90 Å². The molecule has 0 radical (unpaired) electrons. The summed E-state index contributed by atoms with van der Waals surface area (Å²) < 4.78 is 1.08. The number of benzene rings is 1. The SMILES string of the molecule is CC(O)c1ccc(Br)cc1N1CCC(C(C)(C)C)CC1. The fourth-order valence-electron chi connectivity index (χ4n) is 3.13. The number of nitrogens with zero attached hydrogens (tertiary/aromatic N) is 1. The first kappa shape index (κ1) is 15.8. The number of piperidine rings is 1. The molecule has 0 aliphatic carbocycles. The van der Waals surface area contributed by atoms with E-state index in [4.69, 9.17) is 0 Å². The second-order valence-electron chi connectivity index (χ2n) is 7.01. The molecular weight excluding hydrogens is 314 g/mol. The number of aliphatic hydroxyl groups excluding tert-OH is 1. The fourth-order valence-corrected chi connectivity index (χ4v) is 3.48. The van der Waals surface area contributed by atoms with E-state index in [1.165, 1.54) is 18.5 Å². The molecule has 1 aliphatic heterocycles. The topological polar surface area (TPSA) is 23.5 Å². The zero-order chi connectivity index (χ0) is 14.9. The second kappa shape index (κ2) is 6.07. The maximum absolute atomic E-state index is 9.97. The van der Waals surface area contributed by atoms with E-state index in [1.54, 1.807) is 0 Å². The normalized spacial score (nSPS) is 19.2. The van der Waals surface area contributed by atoms with E-state index in [9.17, 15) is 5.11 Å². The summed E-state index contributed by atoms with van der Waals surface area (Å²) in [7, 11) is 0. The minimum atomic E-state index is -0.418. The Bertz CT molecular complexity index is 457. The number of rotatable bonds is 2. The molecule has 0 saturated carbocycles. The summed E-state index contributed by atoms with van der Waals surface area (Å²) in [4.78, 5) is 2.43.